The molecule has 0 rings (SSSR count). The van der Waals surface area contributed by atoms with Gasteiger partial charge in [-0.15, -0.1) is 0 Å². The van der Waals surface area contributed by atoms with Crippen molar-refractivity contribution in [2.24, 2.45) is 16.2 Å². The smallest absolute Gasteiger partial charge is 0.239 e. The van der Waals surface area contributed by atoms with Crippen LogP contribution in [0.2, 0.25) is 0 Å². The van der Waals surface area contributed by atoms with Crippen molar-refractivity contribution >= 4 is 46.6 Å². The Morgan fingerprint density at radius 1 is 1.44 bits per heavy atom. The lowest BCUT2D eigenvalue weighted by molar-refractivity contribution is 1.00. The van der Waals surface area contributed by atoms with Crippen LogP contribution in [-0.4, -0.2) is 9.00 Å². The summed E-state index contributed by atoms with van der Waals surface area (Å²) in [5.74, 6) is 4.93. The van der Waals surface area contributed by atoms with Crippen molar-refractivity contribution in [1.29, 1.82) is 0 Å². The summed E-state index contributed by atoms with van der Waals surface area (Å²) < 4.78 is -1.33. The van der Waals surface area contributed by atoms with Gasteiger partial charge in [-0.25, -0.2) is 0 Å². The minimum Gasteiger partial charge on any atom is -0.305 e. The number of thioether (sulfide) groups is 1. The van der Waals surface area contributed by atoms with Crippen LogP contribution >= 0.6 is 46.6 Å². The molecule has 0 aromatic rings. The molecule has 0 aromatic carbocycles. The molecular weight excluding hydrogens is 204 g/mol. The first-order valence-electron chi connectivity index (χ1n) is 1.83. The normalized spacial score (nSPS) is 12.8. The first-order chi connectivity index (χ1) is 4.06. The monoisotopic (exact) mass is 207 g/mol. The highest BCUT2D eigenvalue weighted by atomic mass is 35.6. The lowest BCUT2D eigenvalue weighted by Crippen LogP contribution is -1.94. The minimum atomic E-state index is -1.33. The number of rotatable bonds is 2. The number of alkyl halides is 3. The van der Waals surface area contributed by atoms with E-state index in [9.17, 15) is 0 Å². The first kappa shape index (κ1) is 9.62. The van der Waals surface area contributed by atoms with Crippen molar-refractivity contribution in [3.05, 3.63) is 0 Å². The Morgan fingerprint density at radius 3 is 2.33 bits per heavy atom. The van der Waals surface area contributed by atoms with E-state index in [0.717, 1.165) is 11.8 Å². The molecule has 0 saturated heterocycles. The van der Waals surface area contributed by atoms with E-state index in [4.69, 9.17) is 34.8 Å². The molecular formula is C2H4Cl3N3S. The SMILES string of the molecule is NN=NCSC(Cl)(Cl)Cl. The molecule has 0 atom stereocenters. The van der Waals surface area contributed by atoms with Crippen LogP contribution in [0, 0.1) is 0 Å². The highest BCUT2D eigenvalue weighted by molar-refractivity contribution is 8.04. The summed E-state index contributed by atoms with van der Waals surface area (Å²) in [6.45, 7) is 0. The van der Waals surface area contributed by atoms with Gasteiger partial charge in [0.1, 0.15) is 5.88 Å². The van der Waals surface area contributed by atoms with Crippen molar-refractivity contribution in [2.75, 3.05) is 5.88 Å². The summed E-state index contributed by atoms with van der Waals surface area (Å²) in [6.07, 6.45) is 0. The fraction of sp³-hybridized carbons (Fsp3) is 1.00. The van der Waals surface area contributed by atoms with E-state index >= 15 is 0 Å². The van der Waals surface area contributed by atoms with Gasteiger partial charge in [-0.1, -0.05) is 51.8 Å². The predicted octanol–water partition coefficient (Wildman–Crippen LogP) is 2.33. The van der Waals surface area contributed by atoms with Gasteiger partial charge in [-0.2, -0.15) is 5.11 Å². The summed E-state index contributed by atoms with van der Waals surface area (Å²) >= 11 is 17.0. The standard InChI is InChI=1S/C2H4Cl3N3S/c3-2(4,5)9-1-7-8-6/h1H2,(H2,6,7). The highest BCUT2D eigenvalue weighted by Crippen LogP contribution is 2.38. The van der Waals surface area contributed by atoms with Crippen LogP contribution in [0.4, 0.5) is 0 Å². The Kier molecular flexibility index (Phi) is 4.74. The molecule has 0 spiro atoms. The first-order valence-corrected chi connectivity index (χ1v) is 3.95. The number of hydrogen-bond acceptors (Lipinski definition) is 3. The number of nitrogens with zero attached hydrogens (tertiary/aromatic N) is 2. The lowest BCUT2D eigenvalue weighted by atomic mass is 11.5. The second-order valence-corrected chi connectivity index (χ2v) is 5.09. The van der Waals surface area contributed by atoms with E-state index in [-0.39, 0.29) is 5.88 Å². The van der Waals surface area contributed by atoms with Gasteiger partial charge in [0, 0.05) is 0 Å². The zero-order chi connectivity index (χ0) is 7.33. The minimum absolute atomic E-state index is 0.257. The molecule has 9 heavy (non-hydrogen) atoms. The van der Waals surface area contributed by atoms with Gasteiger partial charge >= 0.3 is 0 Å². The van der Waals surface area contributed by atoms with Gasteiger partial charge in [0.05, 0.1) is 0 Å². The molecule has 2 N–H and O–H groups in total. The van der Waals surface area contributed by atoms with Crippen molar-refractivity contribution in [3.8, 4) is 0 Å². The molecule has 0 aromatic heterocycles. The maximum Gasteiger partial charge on any atom is 0.239 e. The van der Waals surface area contributed by atoms with Gasteiger partial charge in [-0.05, 0) is 0 Å². The van der Waals surface area contributed by atoms with E-state index in [1.54, 1.807) is 0 Å². The van der Waals surface area contributed by atoms with Crippen molar-refractivity contribution in [1.82, 2.24) is 0 Å². The Balaban J connectivity index is 3.28. The van der Waals surface area contributed by atoms with E-state index in [2.05, 4.69) is 16.2 Å². The summed E-state index contributed by atoms with van der Waals surface area (Å²) in [5, 5.41) is 6.34. The molecule has 0 radical (unpaired) electrons. The molecule has 7 heteroatoms. The van der Waals surface area contributed by atoms with Crippen LogP contribution in [0.5, 0.6) is 0 Å². The molecule has 0 fully saturated rings. The van der Waals surface area contributed by atoms with Gasteiger partial charge < -0.3 is 5.84 Å². The van der Waals surface area contributed by atoms with Crippen molar-refractivity contribution in [2.45, 2.75) is 3.12 Å². The van der Waals surface area contributed by atoms with E-state index in [1.807, 2.05) is 0 Å². The number of halogens is 3. The summed E-state index contributed by atoms with van der Waals surface area (Å²) in [7, 11) is 0. The lowest BCUT2D eigenvalue weighted by Gasteiger charge is -2.05. The topological polar surface area (TPSA) is 50.7 Å². The van der Waals surface area contributed by atoms with E-state index in [0.29, 0.717) is 0 Å². The Labute approximate surface area is 71.9 Å². The van der Waals surface area contributed by atoms with Gasteiger partial charge in [0.2, 0.25) is 3.12 Å². The van der Waals surface area contributed by atoms with Gasteiger partial charge in [0.15, 0.2) is 0 Å². The van der Waals surface area contributed by atoms with Gasteiger partial charge in [0.25, 0.3) is 0 Å². The molecule has 0 aliphatic heterocycles. The quantitative estimate of drug-likeness (QED) is 0.328. The van der Waals surface area contributed by atoms with E-state index < -0.39 is 3.12 Å². The summed E-state index contributed by atoms with van der Waals surface area (Å²) in [5.41, 5.74) is 0. The average molecular weight is 209 g/mol. The van der Waals surface area contributed by atoms with Crippen LogP contribution in [0.15, 0.2) is 10.3 Å². The fourth-order valence-electron chi connectivity index (χ4n) is 0.135. The summed E-state index contributed by atoms with van der Waals surface area (Å²) in [4.78, 5) is 0. The van der Waals surface area contributed by atoms with Crippen molar-refractivity contribution in [3.63, 3.8) is 0 Å². The molecule has 0 bridgehead atoms. The molecule has 0 saturated carbocycles. The average Bonchev–Trinajstić information content (AvgIpc) is 1.63. The van der Waals surface area contributed by atoms with Crippen molar-refractivity contribution < 1.29 is 0 Å². The third-order valence-corrected chi connectivity index (χ3v) is 1.92. The van der Waals surface area contributed by atoms with Crippen LogP contribution < -0.4 is 5.84 Å². The Bertz CT molecular complexity index is 99.7. The second kappa shape index (κ2) is 4.44. The third kappa shape index (κ3) is 8.62. The van der Waals surface area contributed by atoms with Crippen LogP contribution in [0.3, 0.4) is 0 Å². The Hall–Kier alpha value is 0.620. The fourth-order valence-corrected chi connectivity index (χ4v) is 0.845. The molecule has 54 valence electrons. The van der Waals surface area contributed by atoms with E-state index in [1.165, 1.54) is 0 Å². The highest BCUT2D eigenvalue weighted by Gasteiger charge is 2.18. The maximum absolute atomic E-state index is 5.32. The largest absolute Gasteiger partial charge is 0.305 e. The number of hydrogen-bond donors (Lipinski definition) is 1. The number of nitrogens with two attached hydrogens (primary N) is 1. The zero-order valence-corrected chi connectivity index (χ0v) is 7.31. The molecule has 0 aliphatic carbocycles. The molecule has 0 aliphatic rings. The molecule has 0 unspecified atom stereocenters. The van der Waals surface area contributed by atoms with Gasteiger partial charge in [-0.3, -0.25) is 0 Å². The maximum atomic E-state index is 5.32. The summed E-state index contributed by atoms with van der Waals surface area (Å²) in [6, 6.07) is 0. The van der Waals surface area contributed by atoms with Crippen LogP contribution in [0.25, 0.3) is 0 Å². The predicted molar refractivity (Wildman–Crippen MR) is 41.8 cm³/mol. The third-order valence-electron chi connectivity index (χ3n) is 0.368. The second-order valence-electron chi connectivity index (χ2n) is 0.976. The molecule has 0 heterocycles. The molecule has 3 nitrogen and oxygen atoms in total. The van der Waals surface area contributed by atoms with Crippen LogP contribution in [0.1, 0.15) is 0 Å². The Morgan fingerprint density at radius 2 is 2.00 bits per heavy atom. The zero-order valence-electron chi connectivity index (χ0n) is 4.22. The molecule has 0 amide bonds. The van der Waals surface area contributed by atoms with Crippen LogP contribution in [-0.2, 0) is 0 Å².